The summed E-state index contributed by atoms with van der Waals surface area (Å²) in [6.07, 6.45) is 0. The average molecular weight is 317 g/mol. The van der Waals surface area contributed by atoms with Crippen molar-refractivity contribution in [3.63, 3.8) is 0 Å². The molecule has 21 heavy (non-hydrogen) atoms. The van der Waals surface area contributed by atoms with Crippen LogP contribution in [0.15, 0.2) is 21.6 Å². The maximum atomic E-state index is 12.6. The molecule has 0 atom stereocenters. The molecule has 7 nitrogen and oxygen atoms in total. The molecule has 0 radical (unpaired) electrons. The van der Waals surface area contributed by atoms with Gasteiger partial charge < -0.3 is 14.3 Å². The van der Waals surface area contributed by atoms with Gasteiger partial charge >= 0.3 is 5.97 Å². The van der Waals surface area contributed by atoms with Gasteiger partial charge in [-0.15, -0.1) is 0 Å². The van der Waals surface area contributed by atoms with Crippen LogP contribution >= 0.6 is 0 Å². The van der Waals surface area contributed by atoms with Crippen molar-refractivity contribution in [3.8, 4) is 0 Å². The SMILES string of the molecule is CC1(C)CN(S(=O)(=O)c2ccc(C(=O)O)o2)CC(C)(C)O1. The van der Waals surface area contributed by atoms with Crippen LogP contribution in [0.2, 0.25) is 0 Å². The van der Waals surface area contributed by atoms with Gasteiger partial charge in [-0.2, -0.15) is 4.31 Å². The van der Waals surface area contributed by atoms with Gasteiger partial charge in [0.2, 0.25) is 10.9 Å². The molecule has 1 fully saturated rings. The van der Waals surface area contributed by atoms with E-state index in [2.05, 4.69) is 0 Å². The topological polar surface area (TPSA) is 97.1 Å². The highest BCUT2D eigenvalue weighted by Gasteiger charge is 2.44. The third-order valence-corrected chi connectivity index (χ3v) is 4.72. The lowest BCUT2D eigenvalue weighted by atomic mass is 10.0. The molecule has 0 saturated carbocycles. The van der Waals surface area contributed by atoms with E-state index in [1.165, 1.54) is 4.31 Å². The van der Waals surface area contributed by atoms with Crippen molar-refractivity contribution in [1.82, 2.24) is 4.31 Å². The zero-order valence-corrected chi connectivity index (χ0v) is 13.2. The normalized spacial score (nSPS) is 22.1. The molecule has 1 aromatic rings. The van der Waals surface area contributed by atoms with E-state index < -0.39 is 33.0 Å². The van der Waals surface area contributed by atoms with E-state index in [1.54, 1.807) is 27.7 Å². The Hall–Kier alpha value is -1.38. The molecule has 1 N–H and O–H groups in total. The second-order valence-corrected chi connectivity index (χ2v) is 8.19. The van der Waals surface area contributed by atoms with Crippen LogP contribution in [0.3, 0.4) is 0 Å². The van der Waals surface area contributed by atoms with Gasteiger partial charge in [-0.3, -0.25) is 0 Å². The van der Waals surface area contributed by atoms with E-state index in [0.29, 0.717) is 0 Å². The van der Waals surface area contributed by atoms with Crippen molar-refractivity contribution in [2.24, 2.45) is 0 Å². The number of rotatable bonds is 3. The number of sulfonamides is 1. The number of furan rings is 1. The van der Waals surface area contributed by atoms with Gasteiger partial charge in [0.15, 0.2) is 0 Å². The van der Waals surface area contributed by atoms with Gasteiger partial charge in [-0.25, -0.2) is 13.2 Å². The van der Waals surface area contributed by atoms with Gasteiger partial charge in [0.05, 0.1) is 11.2 Å². The highest BCUT2D eigenvalue weighted by molar-refractivity contribution is 7.89. The third kappa shape index (κ3) is 3.28. The maximum absolute atomic E-state index is 12.6. The van der Waals surface area contributed by atoms with Gasteiger partial charge in [0.25, 0.3) is 10.0 Å². The fourth-order valence-corrected chi connectivity index (χ4v) is 4.24. The summed E-state index contributed by atoms with van der Waals surface area (Å²) >= 11 is 0. The summed E-state index contributed by atoms with van der Waals surface area (Å²) in [5.74, 6) is -1.71. The summed E-state index contributed by atoms with van der Waals surface area (Å²) in [5, 5.41) is 8.45. The van der Waals surface area contributed by atoms with Gasteiger partial charge in [0, 0.05) is 13.1 Å². The van der Waals surface area contributed by atoms with Crippen LogP contribution in [-0.4, -0.2) is 48.1 Å². The second-order valence-electron chi connectivity index (χ2n) is 6.32. The first kappa shape index (κ1) is 16.0. The minimum Gasteiger partial charge on any atom is -0.475 e. The summed E-state index contributed by atoms with van der Waals surface area (Å²) in [7, 11) is -3.89. The third-order valence-electron chi connectivity index (χ3n) is 3.05. The molecule has 0 aromatic carbocycles. The summed E-state index contributed by atoms with van der Waals surface area (Å²) in [4.78, 5) is 10.8. The minimum absolute atomic E-state index is 0.169. The van der Waals surface area contributed by atoms with Crippen LogP contribution in [0.5, 0.6) is 0 Å². The molecule has 2 rings (SSSR count). The highest BCUT2D eigenvalue weighted by atomic mass is 32.2. The largest absolute Gasteiger partial charge is 0.475 e. The molecule has 1 aliphatic heterocycles. The molecule has 1 aliphatic rings. The highest BCUT2D eigenvalue weighted by Crippen LogP contribution is 2.32. The molecular formula is C13H19NO6S. The molecule has 2 heterocycles. The molecule has 0 amide bonds. The number of nitrogens with zero attached hydrogens (tertiary/aromatic N) is 1. The maximum Gasteiger partial charge on any atom is 0.371 e. The molecule has 0 bridgehead atoms. The van der Waals surface area contributed by atoms with Crippen LogP contribution < -0.4 is 0 Å². The van der Waals surface area contributed by atoms with Crippen molar-refractivity contribution in [1.29, 1.82) is 0 Å². The smallest absolute Gasteiger partial charge is 0.371 e. The number of hydrogen-bond donors (Lipinski definition) is 1. The van der Waals surface area contributed by atoms with Crippen LogP contribution in [0.25, 0.3) is 0 Å². The first-order chi connectivity index (χ1) is 9.43. The predicted octanol–water partition coefficient (Wildman–Crippen LogP) is 1.56. The standard InChI is InChI=1S/C13H19NO6S/c1-12(2)7-14(8-13(3,4)20-12)21(17,18)10-6-5-9(19-10)11(15)16/h5-6H,7-8H2,1-4H3,(H,15,16). The Morgan fingerprint density at radius 2 is 1.71 bits per heavy atom. The van der Waals surface area contributed by atoms with E-state index in [0.717, 1.165) is 12.1 Å². The number of carboxylic acids is 1. The quantitative estimate of drug-likeness (QED) is 0.908. The molecule has 0 spiro atoms. The Morgan fingerprint density at radius 3 is 2.14 bits per heavy atom. The molecule has 8 heteroatoms. The number of aromatic carboxylic acids is 1. The lowest BCUT2D eigenvalue weighted by Gasteiger charge is -2.46. The lowest BCUT2D eigenvalue weighted by molar-refractivity contribution is -0.164. The summed E-state index contributed by atoms with van der Waals surface area (Å²) < 4.78 is 37.2. The van der Waals surface area contributed by atoms with Crippen LogP contribution in [-0.2, 0) is 14.8 Å². The zero-order valence-electron chi connectivity index (χ0n) is 12.4. The fourth-order valence-electron chi connectivity index (χ4n) is 2.59. The Kier molecular flexibility index (Phi) is 3.67. The minimum atomic E-state index is -3.89. The Bertz CT molecular complexity index is 642. The Balaban J connectivity index is 2.36. The van der Waals surface area contributed by atoms with Crippen molar-refractivity contribution < 1.29 is 27.5 Å². The molecule has 118 valence electrons. The Morgan fingerprint density at radius 1 is 1.19 bits per heavy atom. The Labute approximate surface area is 123 Å². The monoisotopic (exact) mass is 317 g/mol. The van der Waals surface area contributed by atoms with Crippen LogP contribution in [0.1, 0.15) is 38.2 Å². The fraction of sp³-hybridized carbons (Fsp3) is 0.615. The first-order valence-corrected chi connectivity index (χ1v) is 7.90. The van der Waals surface area contributed by atoms with E-state index in [9.17, 15) is 13.2 Å². The van der Waals surface area contributed by atoms with E-state index >= 15 is 0 Å². The van der Waals surface area contributed by atoms with E-state index in [-0.39, 0.29) is 18.2 Å². The number of ether oxygens (including phenoxy) is 1. The number of morpholine rings is 1. The van der Waals surface area contributed by atoms with E-state index in [1.807, 2.05) is 0 Å². The summed E-state index contributed by atoms with van der Waals surface area (Å²) in [6.45, 7) is 7.56. The summed E-state index contributed by atoms with van der Waals surface area (Å²) in [5.41, 5.74) is -1.28. The van der Waals surface area contributed by atoms with E-state index in [4.69, 9.17) is 14.3 Å². The first-order valence-electron chi connectivity index (χ1n) is 6.46. The molecule has 1 aromatic heterocycles. The van der Waals surface area contributed by atoms with Gasteiger partial charge in [-0.1, -0.05) is 0 Å². The zero-order chi connectivity index (χ0) is 16.1. The number of hydrogen-bond acceptors (Lipinski definition) is 5. The number of carboxylic acid groups (broad SMARTS) is 1. The van der Waals surface area contributed by atoms with Crippen LogP contribution in [0.4, 0.5) is 0 Å². The van der Waals surface area contributed by atoms with Crippen molar-refractivity contribution >= 4 is 16.0 Å². The predicted molar refractivity (Wildman–Crippen MR) is 73.7 cm³/mol. The van der Waals surface area contributed by atoms with Crippen molar-refractivity contribution in [3.05, 3.63) is 17.9 Å². The average Bonchev–Trinajstić information content (AvgIpc) is 2.74. The molecular weight excluding hydrogens is 298 g/mol. The van der Waals surface area contributed by atoms with Crippen molar-refractivity contribution in [2.75, 3.05) is 13.1 Å². The molecule has 0 aliphatic carbocycles. The molecule has 0 unspecified atom stereocenters. The van der Waals surface area contributed by atoms with Crippen molar-refractivity contribution in [2.45, 2.75) is 44.0 Å². The van der Waals surface area contributed by atoms with Gasteiger partial charge in [0.1, 0.15) is 0 Å². The van der Waals surface area contributed by atoms with Gasteiger partial charge in [-0.05, 0) is 39.8 Å². The molecule has 1 saturated heterocycles. The second kappa shape index (κ2) is 4.82. The number of carbonyl (C=O) groups is 1. The van der Waals surface area contributed by atoms with Crippen LogP contribution in [0, 0.1) is 0 Å². The summed E-state index contributed by atoms with van der Waals surface area (Å²) in [6, 6.07) is 2.29. The lowest BCUT2D eigenvalue weighted by Crippen LogP contribution is -2.58.